The van der Waals surface area contributed by atoms with Gasteiger partial charge in [-0.3, -0.25) is 4.99 Å². The van der Waals surface area contributed by atoms with Gasteiger partial charge in [0.15, 0.2) is 5.17 Å². The minimum atomic E-state index is 0.637. The molecule has 0 aromatic carbocycles. The van der Waals surface area contributed by atoms with Crippen LogP contribution in [0, 0.1) is 5.92 Å². The number of nitrogens with one attached hydrogen (secondary N) is 1. The fourth-order valence-corrected chi connectivity index (χ4v) is 3.68. The highest BCUT2D eigenvalue weighted by molar-refractivity contribution is 8.14. The van der Waals surface area contributed by atoms with Crippen molar-refractivity contribution in [1.29, 1.82) is 0 Å². The molecule has 1 atom stereocenters. The van der Waals surface area contributed by atoms with Crippen molar-refractivity contribution < 1.29 is 0 Å². The third-order valence-electron chi connectivity index (χ3n) is 4.10. The molecule has 0 saturated heterocycles. The molecule has 3 nitrogen and oxygen atoms in total. The number of rotatable bonds is 8. The van der Waals surface area contributed by atoms with Gasteiger partial charge in [-0.1, -0.05) is 38.5 Å². The molecule has 0 fully saturated rings. The molecule has 0 aromatic rings. The van der Waals surface area contributed by atoms with Crippen LogP contribution in [0.25, 0.3) is 0 Å². The highest BCUT2D eigenvalue weighted by Gasteiger charge is 2.25. The van der Waals surface area contributed by atoms with Crippen molar-refractivity contribution in [3.63, 3.8) is 0 Å². The van der Waals surface area contributed by atoms with Crippen molar-refractivity contribution in [3.05, 3.63) is 0 Å². The molecule has 0 saturated carbocycles. The average molecular weight is 286 g/mol. The zero-order chi connectivity index (χ0) is 14.3. The predicted octanol–water partition coefficient (Wildman–Crippen LogP) is 3.21. The quantitative estimate of drug-likeness (QED) is 0.694. The Kier molecular flexibility index (Phi) is 7.84. The van der Waals surface area contributed by atoms with E-state index in [2.05, 4.69) is 50.0 Å². The molecule has 1 aliphatic rings. The summed E-state index contributed by atoms with van der Waals surface area (Å²) in [5.74, 6) is 0.820. The number of hydrogen-bond donors (Lipinski definition) is 1. The van der Waals surface area contributed by atoms with Gasteiger partial charge in [-0.25, -0.2) is 0 Å². The molecule has 1 rings (SSSR count). The minimum Gasteiger partial charge on any atom is -0.365 e. The summed E-state index contributed by atoms with van der Waals surface area (Å²) >= 11 is 1.96. The third-order valence-corrected chi connectivity index (χ3v) is 5.43. The van der Waals surface area contributed by atoms with E-state index in [-0.39, 0.29) is 0 Å². The van der Waals surface area contributed by atoms with Crippen molar-refractivity contribution in [3.8, 4) is 0 Å². The van der Waals surface area contributed by atoms with E-state index in [1.165, 1.54) is 24.4 Å². The van der Waals surface area contributed by atoms with Crippen molar-refractivity contribution in [2.45, 2.75) is 58.2 Å². The number of amidine groups is 1. The molecular weight excluding hydrogens is 254 g/mol. The molecule has 0 aliphatic carbocycles. The second kappa shape index (κ2) is 8.85. The van der Waals surface area contributed by atoms with Crippen LogP contribution in [0.4, 0.5) is 0 Å². The number of nitrogens with zero attached hydrogens (tertiary/aromatic N) is 2. The van der Waals surface area contributed by atoms with Crippen LogP contribution >= 0.6 is 11.8 Å². The van der Waals surface area contributed by atoms with Gasteiger partial charge in [-0.2, -0.15) is 0 Å². The first kappa shape index (κ1) is 16.8. The van der Waals surface area contributed by atoms with Crippen LogP contribution in [-0.4, -0.2) is 48.0 Å². The van der Waals surface area contributed by atoms with Crippen LogP contribution in [0.1, 0.15) is 47.0 Å². The highest BCUT2D eigenvalue weighted by atomic mass is 32.2. The molecule has 0 bridgehead atoms. The van der Waals surface area contributed by atoms with E-state index in [4.69, 9.17) is 0 Å². The lowest BCUT2D eigenvalue weighted by atomic mass is 9.99. The Morgan fingerprint density at radius 2 is 2.05 bits per heavy atom. The van der Waals surface area contributed by atoms with E-state index >= 15 is 0 Å². The van der Waals surface area contributed by atoms with E-state index < -0.39 is 0 Å². The van der Waals surface area contributed by atoms with Crippen molar-refractivity contribution in [2.75, 3.05) is 26.7 Å². The van der Waals surface area contributed by atoms with Gasteiger partial charge in [0, 0.05) is 17.8 Å². The van der Waals surface area contributed by atoms with Crippen LogP contribution in [0.15, 0.2) is 4.99 Å². The summed E-state index contributed by atoms with van der Waals surface area (Å²) in [6, 6.07) is 0.637. The minimum absolute atomic E-state index is 0.637. The van der Waals surface area contributed by atoms with Crippen LogP contribution < -0.4 is 5.32 Å². The first-order valence-electron chi connectivity index (χ1n) is 7.73. The molecule has 0 spiro atoms. The zero-order valence-corrected chi connectivity index (χ0v) is 14.1. The summed E-state index contributed by atoms with van der Waals surface area (Å²) in [7, 11) is 2.19. The summed E-state index contributed by atoms with van der Waals surface area (Å²) in [4.78, 5) is 7.03. The van der Waals surface area contributed by atoms with E-state index in [9.17, 15) is 0 Å². The molecule has 1 aliphatic heterocycles. The molecule has 112 valence electrons. The van der Waals surface area contributed by atoms with Gasteiger partial charge in [0.1, 0.15) is 0 Å². The molecule has 1 heterocycles. The second-order valence-electron chi connectivity index (χ2n) is 5.73. The van der Waals surface area contributed by atoms with Gasteiger partial charge >= 0.3 is 0 Å². The number of hydrogen-bond acceptors (Lipinski definition) is 4. The van der Waals surface area contributed by atoms with Gasteiger partial charge in [-0.05, 0) is 39.8 Å². The summed E-state index contributed by atoms with van der Waals surface area (Å²) in [6.45, 7) is 12.3. The Morgan fingerprint density at radius 1 is 1.37 bits per heavy atom. The summed E-state index contributed by atoms with van der Waals surface area (Å²) < 4.78 is 0. The number of aliphatic imine (C=N–C) groups is 1. The Balaban J connectivity index is 2.15. The van der Waals surface area contributed by atoms with Gasteiger partial charge in [-0.15, -0.1) is 0 Å². The molecule has 1 N–H and O–H groups in total. The summed E-state index contributed by atoms with van der Waals surface area (Å²) in [6.07, 6.45) is 3.73. The SMILES string of the molecule is CCC(CC)C1CN=C(NCCCN(C)C(C)C)S1. The zero-order valence-electron chi connectivity index (χ0n) is 13.3. The molecule has 0 radical (unpaired) electrons. The molecular formula is C15H31N3S. The maximum Gasteiger partial charge on any atom is 0.156 e. The first-order chi connectivity index (χ1) is 9.08. The average Bonchev–Trinajstić information content (AvgIpc) is 2.84. The Hall–Kier alpha value is -0.220. The summed E-state index contributed by atoms with van der Waals surface area (Å²) in [5.41, 5.74) is 0. The third kappa shape index (κ3) is 5.74. The lowest BCUT2D eigenvalue weighted by Crippen LogP contribution is -2.30. The Labute approximate surface area is 123 Å². The molecule has 0 amide bonds. The maximum atomic E-state index is 4.64. The fourth-order valence-electron chi connectivity index (χ4n) is 2.33. The van der Waals surface area contributed by atoms with Crippen molar-refractivity contribution in [1.82, 2.24) is 10.2 Å². The monoisotopic (exact) mass is 285 g/mol. The topological polar surface area (TPSA) is 27.6 Å². The second-order valence-corrected chi connectivity index (χ2v) is 6.96. The lowest BCUT2D eigenvalue weighted by Gasteiger charge is -2.21. The predicted molar refractivity (Wildman–Crippen MR) is 88.1 cm³/mol. The molecule has 19 heavy (non-hydrogen) atoms. The maximum absolute atomic E-state index is 4.64. The normalized spacial score (nSPS) is 19.6. The van der Waals surface area contributed by atoms with Crippen molar-refractivity contribution in [2.24, 2.45) is 10.9 Å². The Bertz CT molecular complexity index is 275. The van der Waals surface area contributed by atoms with Gasteiger partial charge in [0.25, 0.3) is 0 Å². The van der Waals surface area contributed by atoms with Crippen LogP contribution in [0.5, 0.6) is 0 Å². The van der Waals surface area contributed by atoms with E-state index in [0.29, 0.717) is 11.3 Å². The van der Waals surface area contributed by atoms with Crippen LogP contribution in [0.2, 0.25) is 0 Å². The Morgan fingerprint density at radius 3 is 2.63 bits per heavy atom. The molecule has 0 aromatic heterocycles. The van der Waals surface area contributed by atoms with Crippen molar-refractivity contribution >= 4 is 16.9 Å². The van der Waals surface area contributed by atoms with Crippen LogP contribution in [-0.2, 0) is 0 Å². The lowest BCUT2D eigenvalue weighted by molar-refractivity contribution is 0.271. The smallest absolute Gasteiger partial charge is 0.156 e. The van der Waals surface area contributed by atoms with Gasteiger partial charge in [0.05, 0.1) is 6.54 Å². The fraction of sp³-hybridized carbons (Fsp3) is 0.933. The summed E-state index contributed by atoms with van der Waals surface area (Å²) in [5, 5.41) is 5.37. The van der Waals surface area contributed by atoms with Gasteiger partial charge in [0.2, 0.25) is 0 Å². The van der Waals surface area contributed by atoms with E-state index in [0.717, 1.165) is 25.6 Å². The number of thioether (sulfide) groups is 1. The standard InChI is InChI=1S/C15H31N3S/c1-6-13(7-2)14-11-17-15(19-14)16-9-8-10-18(5)12(3)4/h12-14H,6-11H2,1-5H3,(H,16,17). The van der Waals surface area contributed by atoms with E-state index in [1.807, 2.05) is 11.8 Å². The van der Waals surface area contributed by atoms with Crippen LogP contribution in [0.3, 0.4) is 0 Å². The largest absolute Gasteiger partial charge is 0.365 e. The molecule has 1 unspecified atom stereocenters. The van der Waals surface area contributed by atoms with Gasteiger partial charge < -0.3 is 10.2 Å². The first-order valence-corrected chi connectivity index (χ1v) is 8.61. The van der Waals surface area contributed by atoms with E-state index in [1.54, 1.807) is 0 Å². The highest BCUT2D eigenvalue weighted by Crippen LogP contribution is 2.30. The molecule has 4 heteroatoms.